The molecule has 1 unspecified atom stereocenters. The van der Waals surface area contributed by atoms with E-state index in [-0.39, 0.29) is 0 Å². The lowest BCUT2D eigenvalue weighted by Crippen LogP contribution is -2.05. The number of benzene rings is 6. The largest absolute Gasteiger partial charge is 0.309 e. The number of aromatic nitrogens is 5. The van der Waals surface area contributed by atoms with E-state index in [4.69, 9.17) is 15.0 Å². The maximum absolute atomic E-state index is 5.04. The Kier molecular flexibility index (Phi) is 6.78. The van der Waals surface area contributed by atoms with Crippen molar-refractivity contribution in [3.8, 4) is 45.5 Å². The number of rotatable bonds is 5. The molecule has 1 aliphatic rings. The van der Waals surface area contributed by atoms with Gasteiger partial charge < -0.3 is 9.13 Å². The van der Waals surface area contributed by atoms with Crippen molar-refractivity contribution in [1.29, 1.82) is 0 Å². The number of hydrogen-bond donors (Lipinski definition) is 0. The normalized spacial score (nSPS) is 14.0. The van der Waals surface area contributed by atoms with Crippen LogP contribution in [0.1, 0.15) is 18.2 Å². The molecule has 0 N–H and O–H groups in total. The van der Waals surface area contributed by atoms with Crippen molar-refractivity contribution in [1.82, 2.24) is 24.1 Å². The third-order valence-corrected chi connectivity index (χ3v) is 10.1. The van der Waals surface area contributed by atoms with Gasteiger partial charge in [0.05, 0.1) is 16.6 Å². The second-order valence-electron chi connectivity index (χ2n) is 13.4. The molecule has 1 atom stereocenters. The number of hydrogen-bond acceptors (Lipinski definition) is 3. The van der Waals surface area contributed by atoms with Gasteiger partial charge in [-0.15, -0.1) is 0 Å². The van der Waals surface area contributed by atoms with Crippen LogP contribution in [0.2, 0.25) is 0 Å². The van der Waals surface area contributed by atoms with Gasteiger partial charge in [-0.05, 0) is 66.4 Å². The maximum atomic E-state index is 5.04. The second kappa shape index (κ2) is 11.8. The molecule has 0 saturated heterocycles. The molecule has 0 amide bonds. The molecule has 0 spiro atoms. The lowest BCUT2D eigenvalue weighted by Gasteiger charge is -2.16. The van der Waals surface area contributed by atoms with Crippen LogP contribution in [0.25, 0.3) is 84.3 Å². The first-order chi connectivity index (χ1) is 25.2. The fourth-order valence-corrected chi connectivity index (χ4v) is 7.72. The van der Waals surface area contributed by atoms with E-state index in [0.29, 0.717) is 23.4 Å². The van der Waals surface area contributed by atoms with Crippen molar-refractivity contribution in [2.45, 2.75) is 13.3 Å². The Labute approximate surface area is 295 Å². The van der Waals surface area contributed by atoms with Crippen molar-refractivity contribution in [2.24, 2.45) is 5.92 Å². The standard InChI is InChI=1S/C46H33N5/c1-30-24-25-41-37(26-30)39-28-38-36-22-11-12-23-40(36)50(34-19-9-4-10-20-34)42(38)29-43(39)51(41)35-21-13-18-33(27-35)46-48-44(31-14-5-2-6-15-31)47-45(49-46)32-16-7-3-8-17-32/h2-25,27-30H,26H2,1H3. The third kappa shape index (κ3) is 4.89. The molecule has 0 fully saturated rings. The number of fused-ring (bicyclic) bond motifs is 6. The van der Waals surface area contributed by atoms with Gasteiger partial charge in [0.1, 0.15) is 0 Å². The molecule has 242 valence electrons. The molecule has 1 aliphatic carbocycles. The van der Waals surface area contributed by atoms with Gasteiger partial charge in [0.25, 0.3) is 0 Å². The molecule has 51 heavy (non-hydrogen) atoms. The zero-order chi connectivity index (χ0) is 33.9. The minimum absolute atomic E-state index is 0.460. The maximum Gasteiger partial charge on any atom is 0.164 e. The summed E-state index contributed by atoms with van der Waals surface area (Å²) in [6.07, 6.45) is 5.64. The summed E-state index contributed by atoms with van der Waals surface area (Å²) in [5.74, 6) is 2.41. The van der Waals surface area contributed by atoms with Crippen LogP contribution in [0.4, 0.5) is 0 Å². The fraction of sp³-hybridized carbons (Fsp3) is 0.0652. The summed E-state index contributed by atoms with van der Waals surface area (Å²) in [6, 6.07) is 53.2. The van der Waals surface area contributed by atoms with Gasteiger partial charge in [-0.25, -0.2) is 15.0 Å². The average Bonchev–Trinajstić information content (AvgIpc) is 3.69. The first-order valence-corrected chi connectivity index (χ1v) is 17.5. The van der Waals surface area contributed by atoms with Crippen LogP contribution in [0.3, 0.4) is 0 Å². The van der Waals surface area contributed by atoms with Crippen molar-refractivity contribution < 1.29 is 0 Å². The summed E-state index contributed by atoms with van der Waals surface area (Å²) in [6.45, 7) is 2.30. The summed E-state index contributed by atoms with van der Waals surface area (Å²) in [5.41, 5.74) is 11.3. The molecule has 0 radical (unpaired) electrons. The Morgan fingerprint density at radius 3 is 1.75 bits per heavy atom. The quantitative estimate of drug-likeness (QED) is 0.185. The molecule has 0 aliphatic heterocycles. The van der Waals surface area contributed by atoms with Crippen LogP contribution in [-0.4, -0.2) is 24.1 Å². The van der Waals surface area contributed by atoms with E-state index >= 15 is 0 Å². The summed E-state index contributed by atoms with van der Waals surface area (Å²) >= 11 is 0. The van der Waals surface area contributed by atoms with Crippen LogP contribution in [-0.2, 0) is 6.42 Å². The molecule has 9 aromatic rings. The third-order valence-electron chi connectivity index (χ3n) is 10.1. The first-order valence-electron chi connectivity index (χ1n) is 17.5. The van der Waals surface area contributed by atoms with Crippen molar-refractivity contribution in [2.75, 3.05) is 0 Å². The molecular weight excluding hydrogens is 623 g/mol. The minimum atomic E-state index is 0.460. The van der Waals surface area contributed by atoms with Crippen molar-refractivity contribution in [3.05, 3.63) is 169 Å². The molecule has 10 rings (SSSR count). The molecule has 3 aromatic heterocycles. The summed E-state index contributed by atoms with van der Waals surface area (Å²) < 4.78 is 4.83. The Morgan fingerprint density at radius 1 is 0.471 bits per heavy atom. The number of nitrogens with zero attached hydrogens (tertiary/aromatic N) is 5. The molecule has 0 saturated carbocycles. The van der Waals surface area contributed by atoms with E-state index in [1.807, 2.05) is 60.7 Å². The Hall–Kier alpha value is -6.59. The van der Waals surface area contributed by atoms with Crippen LogP contribution < -0.4 is 0 Å². The van der Waals surface area contributed by atoms with E-state index in [1.54, 1.807) is 0 Å². The van der Waals surface area contributed by atoms with E-state index in [2.05, 4.69) is 119 Å². The zero-order valence-corrected chi connectivity index (χ0v) is 28.1. The molecule has 6 aromatic carbocycles. The van der Waals surface area contributed by atoms with E-state index in [9.17, 15) is 0 Å². The van der Waals surface area contributed by atoms with Crippen molar-refractivity contribution in [3.63, 3.8) is 0 Å². The number of allylic oxidation sites excluding steroid dienone is 1. The predicted molar refractivity (Wildman–Crippen MR) is 209 cm³/mol. The smallest absolute Gasteiger partial charge is 0.164 e. The van der Waals surface area contributed by atoms with E-state index in [1.165, 1.54) is 44.0 Å². The van der Waals surface area contributed by atoms with Crippen LogP contribution in [0, 0.1) is 5.92 Å². The Balaban J connectivity index is 1.22. The zero-order valence-electron chi connectivity index (χ0n) is 28.1. The van der Waals surface area contributed by atoms with E-state index in [0.717, 1.165) is 34.5 Å². The predicted octanol–water partition coefficient (Wildman–Crippen LogP) is 11.1. The fourth-order valence-electron chi connectivity index (χ4n) is 7.72. The Morgan fingerprint density at radius 2 is 1.04 bits per heavy atom. The van der Waals surface area contributed by atoms with Gasteiger partial charge >= 0.3 is 0 Å². The molecule has 3 heterocycles. The summed E-state index contributed by atoms with van der Waals surface area (Å²) in [7, 11) is 0. The highest BCUT2D eigenvalue weighted by Gasteiger charge is 2.24. The summed E-state index contributed by atoms with van der Waals surface area (Å²) in [4.78, 5) is 15.0. The second-order valence-corrected chi connectivity index (χ2v) is 13.4. The average molecular weight is 656 g/mol. The van der Waals surface area contributed by atoms with Crippen LogP contribution in [0.15, 0.2) is 158 Å². The highest BCUT2D eigenvalue weighted by molar-refractivity contribution is 6.14. The summed E-state index contributed by atoms with van der Waals surface area (Å²) in [5, 5.41) is 3.83. The monoisotopic (exact) mass is 655 g/mol. The highest BCUT2D eigenvalue weighted by Crippen LogP contribution is 2.41. The molecule has 5 nitrogen and oxygen atoms in total. The lowest BCUT2D eigenvalue weighted by molar-refractivity contribution is 0.718. The van der Waals surface area contributed by atoms with E-state index < -0.39 is 0 Å². The number of para-hydroxylation sites is 2. The SMILES string of the molecule is CC1C=Cc2c(c3cc4c5ccccc5n(-c5ccccc5)c4cc3n2-c2cccc(-c3nc(-c4ccccc4)nc(-c4ccccc4)n3)c2)C1. The van der Waals surface area contributed by atoms with Gasteiger partial charge in [-0.2, -0.15) is 0 Å². The van der Waals surface area contributed by atoms with Crippen LogP contribution in [0.5, 0.6) is 0 Å². The van der Waals surface area contributed by atoms with Gasteiger partial charge in [-0.1, -0.05) is 122 Å². The minimum Gasteiger partial charge on any atom is -0.309 e. The molecule has 0 bridgehead atoms. The van der Waals surface area contributed by atoms with Gasteiger partial charge in [0.15, 0.2) is 17.5 Å². The topological polar surface area (TPSA) is 48.5 Å². The van der Waals surface area contributed by atoms with Gasteiger partial charge in [0, 0.05) is 49.9 Å². The Bertz CT molecular complexity index is 2720. The van der Waals surface area contributed by atoms with Gasteiger partial charge in [-0.3, -0.25) is 0 Å². The highest BCUT2D eigenvalue weighted by atomic mass is 15.0. The molecular formula is C46H33N5. The lowest BCUT2D eigenvalue weighted by atomic mass is 9.93. The first kappa shape index (κ1) is 29.3. The molecule has 5 heteroatoms. The van der Waals surface area contributed by atoms with Gasteiger partial charge in [0.2, 0.25) is 0 Å². The van der Waals surface area contributed by atoms with Crippen LogP contribution >= 0.6 is 0 Å². The van der Waals surface area contributed by atoms with Crippen molar-refractivity contribution >= 4 is 38.8 Å².